The SMILES string of the molecule is Cc1ccccc1OCCN(C)C(=O)c1cccc(CN2C(=O)c3ccccc3C2=O)c1. The average Bonchev–Trinajstić information content (AvgIpc) is 3.05. The van der Waals surface area contributed by atoms with E-state index in [1.165, 1.54) is 4.90 Å². The van der Waals surface area contributed by atoms with E-state index in [-0.39, 0.29) is 24.3 Å². The molecule has 3 aromatic rings. The first-order chi connectivity index (χ1) is 15.5. The third kappa shape index (κ3) is 4.25. The topological polar surface area (TPSA) is 66.9 Å². The Balaban J connectivity index is 1.39. The van der Waals surface area contributed by atoms with Crippen LogP contribution in [0.25, 0.3) is 0 Å². The van der Waals surface area contributed by atoms with Gasteiger partial charge in [0.15, 0.2) is 0 Å². The van der Waals surface area contributed by atoms with Crippen LogP contribution in [0.4, 0.5) is 0 Å². The van der Waals surface area contributed by atoms with Gasteiger partial charge in [0.05, 0.1) is 24.2 Å². The second kappa shape index (κ2) is 9.06. The van der Waals surface area contributed by atoms with E-state index in [1.807, 2.05) is 37.3 Å². The standard InChI is InChI=1S/C26H24N2O4/c1-18-8-3-6-13-23(18)32-15-14-27(2)24(29)20-10-7-9-19(16-20)17-28-25(30)21-11-4-5-12-22(21)26(28)31/h3-13,16H,14-15,17H2,1-2H3. The molecule has 3 aromatic carbocycles. The predicted molar refractivity (Wildman–Crippen MR) is 121 cm³/mol. The van der Waals surface area contributed by atoms with Crippen LogP contribution in [0.5, 0.6) is 5.75 Å². The van der Waals surface area contributed by atoms with Gasteiger partial charge in [-0.05, 0) is 48.4 Å². The zero-order chi connectivity index (χ0) is 22.7. The van der Waals surface area contributed by atoms with Gasteiger partial charge >= 0.3 is 0 Å². The van der Waals surface area contributed by atoms with Gasteiger partial charge in [-0.2, -0.15) is 0 Å². The third-order valence-electron chi connectivity index (χ3n) is 5.52. The van der Waals surface area contributed by atoms with Crippen LogP contribution >= 0.6 is 0 Å². The van der Waals surface area contributed by atoms with E-state index in [0.29, 0.717) is 29.8 Å². The van der Waals surface area contributed by atoms with Crippen LogP contribution in [-0.4, -0.2) is 47.7 Å². The summed E-state index contributed by atoms with van der Waals surface area (Å²) in [6, 6.07) is 21.6. The number of benzene rings is 3. The molecule has 0 saturated heterocycles. The molecule has 0 unspecified atom stereocenters. The van der Waals surface area contributed by atoms with E-state index in [1.54, 1.807) is 54.4 Å². The Morgan fingerprint density at radius 1 is 0.906 bits per heavy atom. The molecule has 0 fully saturated rings. The lowest BCUT2D eigenvalue weighted by Gasteiger charge is -2.19. The van der Waals surface area contributed by atoms with Crippen LogP contribution in [0.1, 0.15) is 42.2 Å². The van der Waals surface area contributed by atoms with Gasteiger partial charge in [0.25, 0.3) is 17.7 Å². The Hall–Kier alpha value is -3.93. The first-order valence-corrected chi connectivity index (χ1v) is 10.4. The second-order valence-electron chi connectivity index (χ2n) is 7.78. The highest BCUT2D eigenvalue weighted by Crippen LogP contribution is 2.24. The molecule has 32 heavy (non-hydrogen) atoms. The fourth-order valence-corrected chi connectivity index (χ4v) is 3.70. The summed E-state index contributed by atoms with van der Waals surface area (Å²) in [6.07, 6.45) is 0. The van der Waals surface area contributed by atoms with Gasteiger partial charge in [-0.15, -0.1) is 0 Å². The predicted octanol–water partition coefficient (Wildman–Crippen LogP) is 3.94. The van der Waals surface area contributed by atoms with Crippen LogP contribution in [0, 0.1) is 6.92 Å². The monoisotopic (exact) mass is 428 g/mol. The van der Waals surface area contributed by atoms with Crippen molar-refractivity contribution in [2.45, 2.75) is 13.5 Å². The van der Waals surface area contributed by atoms with Gasteiger partial charge in [0.1, 0.15) is 12.4 Å². The number of fused-ring (bicyclic) bond motifs is 1. The van der Waals surface area contributed by atoms with Crippen LogP contribution in [-0.2, 0) is 6.54 Å². The number of imide groups is 1. The number of likely N-dealkylation sites (N-methyl/N-ethyl adjacent to an activating group) is 1. The molecule has 0 aromatic heterocycles. The number of hydrogen-bond donors (Lipinski definition) is 0. The van der Waals surface area contributed by atoms with Gasteiger partial charge in [0, 0.05) is 12.6 Å². The normalized spacial score (nSPS) is 12.6. The lowest BCUT2D eigenvalue weighted by atomic mass is 10.1. The van der Waals surface area contributed by atoms with Crippen molar-refractivity contribution < 1.29 is 19.1 Å². The zero-order valence-electron chi connectivity index (χ0n) is 18.1. The molecular formula is C26H24N2O4. The summed E-state index contributed by atoms with van der Waals surface area (Å²) in [5, 5.41) is 0. The Labute approximate surface area is 187 Å². The van der Waals surface area contributed by atoms with E-state index in [9.17, 15) is 14.4 Å². The van der Waals surface area contributed by atoms with E-state index < -0.39 is 0 Å². The maximum Gasteiger partial charge on any atom is 0.261 e. The molecule has 0 spiro atoms. The molecule has 0 aliphatic carbocycles. The fraction of sp³-hybridized carbons (Fsp3) is 0.192. The highest BCUT2D eigenvalue weighted by atomic mass is 16.5. The molecule has 6 heteroatoms. The van der Waals surface area contributed by atoms with Crippen molar-refractivity contribution in [1.82, 2.24) is 9.80 Å². The lowest BCUT2D eigenvalue weighted by molar-refractivity contribution is 0.0642. The molecule has 0 bridgehead atoms. The van der Waals surface area contributed by atoms with Crippen LogP contribution in [0.3, 0.4) is 0 Å². The number of ether oxygens (including phenoxy) is 1. The van der Waals surface area contributed by atoms with E-state index in [2.05, 4.69) is 0 Å². The largest absolute Gasteiger partial charge is 0.491 e. The summed E-state index contributed by atoms with van der Waals surface area (Å²) in [4.78, 5) is 40.9. The summed E-state index contributed by atoms with van der Waals surface area (Å²) >= 11 is 0. The summed E-state index contributed by atoms with van der Waals surface area (Å²) in [5.74, 6) is 0.0273. The molecule has 162 valence electrons. The van der Waals surface area contributed by atoms with E-state index in [4.69, 9.17) is 4.74 Å². The number of amides is 3. The number of para-hydroxylation sites is 1. The number of aryl methyl sites for hydroxylation is 1. The number of nitrogens with zero attached hydrogens (tertiary/aromatic N) is 2. The molecule has 0 radical (unpaired) electrons. The minimum absolute atomic E-state index is 0.119. The average molecular weight is 428 g/mol. The second-order valence-corrected chi connectivity index (χ2v) is 7.78. The Bertz CT molecular complexity index is 1150. The van der Waals surface area contributed by atoms with Gasteiger partial charge in [-0.25, -0.2) is 0 Å². The van der Waals surface area contributed by atoms with Crippen molar-refractivity contribution in [3.8, 4) is 5.75 Å². The molecule has 1 aliphatic heterocycles. The van der Waals surface area contributed by atoms with E-state index in [0.717, 1.165) is 16.9 Å². The van der Waals surface area contributed by atoms with Gasteiger partial charge < -0.3 is 9.64 Å². The van der Waals surface area contributed by atoms with Crippen molar-refractivity contribution in [3.63, 3.8) is 0 Å². The van der Waals surface area contributed by atoms with Crippen molar-refractivity contribution in [1.29, 1.82) is 0 Å². The van der Waals surface area contributed by atoms with Gasteiger partial charge in [0.2, 0.25) is 0 Å². The van der Waals surface area contributed by atoms with Gasteiger partial charge in [-0.1, -0.05) is 42.5 Å². The summed E-state index contributed by atoms with van der Waals surface area (Å²) in [5.41, 5.74) is 3.09. The molecule has 6 nitrogen and oxygen atoms in total. The molecule has 1 heterocycles. The Morgan fingerprint density at radius 3 is 2.25 bits per heavy atom. The van der Waals surface area contributed by atoms with Gasteiger partial charge in [-0.3, -0.25) is 19.3 Å². The summed E-state index contributed by atoms with van der Waals surface area (Å²) in [6.45, 7) is 2.90. The van der Waals surface area contributed by atoms with Crippen molar-refractivity contribution in [2.75, 3.05) is 20.2 Å². The lowest BCUT2D eigenvalue weighted by Crippen LogP contribution is -2.31. The number of hydrogen-bond acceptors (Lipinski definition) is 4. The van der Waals surface area contributed by atoms with Crippen LogP contribution in [0.15, 0.2) is 72.8 Å². The van der Waals surface area contributed by atoms with E-state index >= 15 is 0 Å². The molecule has 3 amide bonds. The van der Waals surface area contributed by atoms with Crippen molar-refractivity contribution in [3.05, 3.63) is 101 Å². The Kier molecular flexibility index (Phi) is 6.03. The van der Waals surface area contributed by atoms with Crippen LogP contribution in [0.2, 0.25) is 0 Å². The quantitative estimate of drug-likeness (QED) is 0.535. The smallest absolute Gasteiger partial charge is 0.261 e. The Morgan fingerprint density at radius 2 is 1.56 bits per heavy atom. The molecule has 4 rings (SSSR count). The summed E-state index contributed by atoms with van der Waals surface area (Å²) in [7, 11) is 1.72. The maximum absolute atomic E-state index is 12.9. The molecule has 0 atom stereocenters. The molecular weight excluding hydrogens is 404 g/mol. The first kappa shape index (κ1) is 21.3. The molecule has 1 aliphatic rings. The van der Waals surface area contributed by atoms with Crippen molar-refractivity contribution in [2.24, 2.45) is 0 Å². The van der Waals surface area contributed by atoms with Crippen molar-refractivity contribution >= 4 is 17.7 Å². The van der Waals surface area contributed by atoms with Crippen LogP contribution < -0.4 is 4.74 Å². The minimum Gasteiger partial charge on any atom is -0.491 e. The first-order valence-electron chi connectivity index (χ1n) is 10.4. The molecule has 0 N–H and O–H groups in total. The third-order valence-corrected chi connectivity index (χ3v) is 5.52. The minimum atomic E-state index is -0.312. The number of rotatable bonds is 7. The maximum atomic E-state index is 12.9. The summed E-state index contributed by atoms with van der Waals surface area (Å²) < 4.78 is 5.78. The number of carbonyl (C=O) groups is 3. The number of carbonyl (C=O) groups excluding carboxylic acids is 3. The zero-order valence-corrected chi connectivity index (χ0v) is 18.1. The molecule has 0 saturated carbocycles. The highest BCUT2D eigenvalue weighted by Gasteiger charge is 2.35. The highest BCUT2D eigenvalue weighted by molar-refractivity contribution is 6.21. The fourth-order valence-electron chi connectivity index (χ4n) is 3.70.